The van der Waals surface area contributed by atoms with Crippen LogP contribution in [-0.4, -0.2) is 10.7 Å². The molecule has 0 saturated carbocycles. The highest BCUT2D eigenvalue weighted by Gasteiger charge is 2.27. The van der Waals surface area contributed by atoms with E-state index in [2.05, 4.69) is 12.7 Å². The molecule has 0 aromatic heterocycles. The van der Waals surface area contributed by atoms with Gasteiger partial charge >= 0.3 is 0 Å². The quantitative estimate of drug-likeness (QED) is 0.611. The predicted octanol–water partition coefficient (Wildman–Crippen LogP) is 2.42. The maximum atomic E-state index is 9.88. The van der Waals surface area contributed by atoms with Crippen LogP contribution in [0.2, 0.25) is 0 Å². The van der Waals surface area contributed by atoms with Crippen molar-refractivity contribution in [3.05, 3.63) is 23.8 Å². The Kier molecular flexibility index (Phi) is 2.19. The zero-order valence-electron chi connectivity index (χ0n) is 7.35. The first kappa shape index (κ1) is 8.54. The van der Waals surface area contributed by atoms with Gasteiger partial charge in [0.25, 0.3) is 0 Å². The van der Waals surface area contributed by atoms with E-state index in [9.17, 15) is 5.11 Å². The van der Waals surface area contributed by atoms with Gasteiger partial charge in [-0.2, -0.15) is 0 Å². The molecule has 0 aromatic rings. The summed E-state index contributed by atoms with van der Waals surface area (Å²) in [6.45, 7) is 7.66. The zero-order valence-corrected chi connectivity index (χ0v) is 7.35. The topological polar surface area (TPSA) is 20.2 Å². The van der Waals surface area contributed by atoms with E-state index in [4.69, 9.17) is 0 Å². The second kappa shape index (κ2) is 2.82. The smallest absolute Gasteiger partial charge is 0.0867 e. The van der Waals surface area contributed by atoms with Crippen LogP contribution in [0.5, 0.6) is 0 Å². The molecule has 1 N–H and O–H groups in total. The SMILES string of the molecule is C=C(C)C1=CCCCC1(C)O. The first-order valence-corrected chi connectivity index (χ1v) is 4.13. The van der Waals surface area contributed by atoms with Gasteiger partial charge in [-0.1, -0.05) is 18.2 Å². The minimum Gasteiger partial charge on any atom is -0.385 e. The largest absolute Gasteiger partial charge is 0.385 e. The lowest BCUT2D eigenvalue weighted by Gasteiger charge is -2.30. The molecule has 0 radical (unpaired) electrons. The lowest BCUT2D eigenvalue weighted by atomic mass is 9.82. The Labute approximate surface area is 68.4 Å². The van der Waals surface area contributed by atoms with Gasteiger partial charge in [0.15, 0.2) is 0 Å². The monoisotopic (exact) mass is 152 g/mol. The molecular formula is C10H16O. The molecule has 0 fully saturated rings. The highest BCUT2D eigenvalue weighted by atomic mass is 16.3. The third-order valence-corrected chi connectivity index (χ3v) is 2.26. The van der Waals surface area contributed by atoms with Crippen LogP contribution < -0.4 is 0 Å². The van der Waals surface area contributed by atoms with E-state index in [1.807, 2.05) is 13.8 Å². The van der Waals surface area contributed by atoms with Crippen molar-refractivity contribution in [2.75, 3.05) is 0 Å². The van der Waals surface area contributed by atoms with Crippen LogP contribution >= 0.6 is 0 Å². The van der Waals surface area contributed by atoms with Crippen molar-refractivity contribution in [1.82, 2.24) is 0 Å². The molecule has 1 heteroatoms. The summed E-state index contributed by atoms with van der Waals surface area (Å²) in [7, 11) is 0. The molecule has 1 rings (SSSR count). The Hall–Kier alpha value is -0.560. The van der Waals surface area contributed by atoms with Crippen molar-refractivity contribution < 1.29 is 5.11 Å². The summed E-state index contributed by atoms with van der Waals surface area (Å²) in [5.74, 6) is 0. The van der Waals surface area contributed by atoms with Crippen molar-refractivity contribution in [2.45, 2.75) is 38.7 Å². The summed E-state index contributed by atoms with van der Waals surface area (Å²) >= 11 is 0. The minimum absolute atomic E-state index is 0.621. The van der Waals surface area contributed by atoms with Crippen LogP contribution in [0, 0.1) is 0 Å². The second-order valence-corrected chi connectivity index (χ2v) is 3.56. The first-order valence-electron chi connectivity index (χ1n) is 4.13. The van der Waals surface area contributed by atoms with E-state index in [1.165, 1.54) is 0 Å². The molecule has 1 aliphatic rings. The normalized spacial score (nSPS) is 31.4. The average Bonchev–Trinajstić information content (AvgIpc) is 1.85. The highest BCUT2D eigenvalue weighted by molar-refractivity contribution is 5.35. The van der Waals surface area contributed by atoms with E-state index in [-0.39, 0.29) is 0 Å². The van der Waals surface area contributed by atoms with Gasteiger partial charge in [-0.15, -0.1) is 0 Å². The van der Waals surface area contributed by atoms with Gasteiger partial charge in [-0.25, -0.2) is 0 Å². The Bertz CT molecular complexity index is 199. The summed E-state index contributed by atoms with van der Waals surface area (Å²) in [6.07, 6.45) is 5.14. The molecule has 0 aromatic carbocycles. The van der Waals surface area contributed by atoms with Crippen LogP contribution in [0.3, 0.4) is 0 Å². The van der Waals surface area contributed by atoms with Crippen molar-refractivity contribution in [1.29, 1.82) is 0 Å². The van der Waals surface area contributed by atoms with Gasteiger partial charge in [0, 0.05) is 0 Å². The number of rotatable bonds is 1. The van der Waals surface area contributed by atoms with Crippen LogP contribution in [0.1, 0.15) is 33.1 Å². The molecule has 0 bridgehead atoms. The molecule has 1 unspecified atom stereocenters. The van der Waals surface area contributed by atoms with E-state index in [0.717, 1.165) is 30.4 Å². The molecule has 1 nitrogen and oxygen atoms in total. The standard InChI is InChI=1S/C10H16O/c1-8(2)9-6-4-5-7-10(9,3)11/h6,11H,1,4-5,7H2,2-3H3. The summed E-state index contributed by atoms with van der Waals surface area (Å²) in [4.78, 5) is 0. The molecular weight excluding hydrogens is 136 g/mol. The fourth-order valence-corrected chi connectivity index (χ4v) is 1.68. The van der Waals surface area contributed by atoms with Gasteiger partial charge in [0.05, 0.1) is 5.60 Å². The maximum Gasteiger partial charge on any atom is 0.0867 e. The Morgan fingerprint density at radius 2 is 2.36 bits per heavy atom. The third kappa shape index (κ3) is 1.72. The van der Waals surface area contributed by atoms with Crippen LogP contribution in [0.25, 0.3) is 0 Å². The first-order chi connectivity index (χ1) is 5.04. The van der Waals surface area contributed by atoms with Crippen LogP contribution in [-0.2, 0) is 0 Å². The Morgan fingerprint density at radius 3 is 2.73 bits per heavy atom. The lowest BCUT2D eigenvalue weighted by Crippen LogP contribution is -2.29. The van der Waals surface area contributed by atoms with Crippen molar-refractivity contribution in [3.8, 4) is 0 Å². The maximum absolute atomic E-state index is 9.88. The molecule has 0 spiro atoms. The molecule has 0 saturated heterocycles. The predicted molar refractivity (Wildman–Crippen MR) is 47.4 cm³/mol. The third-order valence-electron chi connectivity index (χ3n) is 2.26. The number of aliphatic hydroxyl groups is 1. The number of hydrogen-bond acceptors (Lipinski definition) is 1. The molecule has 0 amide bonds. The number of allylic oxidation sites excluding steroid dienone is 1. The molecule has 0 heterocycles. The van der Waals surface area contributed by atoms with Gasteiger partial charge < -0.3 is 5.11 Å². The lowest BCUT2D eigenvalue weighted by molar-refractivity contribution is 0.0838. The van der Waals surface area contributed by atoms with Gasteiger partial charge in [-0.05, 0) is 38.7 Å². The fourth-order valence-electron chi connectivity index (χ4n) is 1.68. The van der Waals surface area contributed by atoms with E-state index >= 15 is 0 Å². The summed E-state index contributed by atoms with van der Waals surface area (Å²) < 4.78 is 0. The Morgan fingerprint density at radius 1 is 1.73 bits per heavy atom. The highest BCUT2D eigenvalue weighted by Crippen LogP contribution is 2.32. The van der Waals surface area contributed by atoms with E-state index < -0.39 is 5.60 Å². The average molecular weight is 152 g/mol. The van der Waals surface area contributed by atoms with Crippen LogP contribution in [0.15, 0.2) is 23.8 Å². The molecule has 0 aliphatic heterocycles. The summed E-state index contributed by atoms with van der Waals surface area (Å²) in [5, 5.41) is 9.88. The minimum atomic E-state index is -0.621. The van der Waals surface area contributed by atoms with Crippen molar-refractivity contribution in [2.24, 2.45) is 0 Å². The van der Waals surface area contributed by atoms with E-state index in [0.29, 0.717) is 0 Å². The summed E-state index contributed by atoms with van der Waals surface area (Å²) in [5.41, 5.74) is 1.41. The zero-order chi connectivity index (χ0) is 8.48. The van der Waals surface area contributed by atoms with Crippen molar-refractivity contribution >= 4 is 0 Å². The molecule has 1 atom stereocenters. The fraction of sp³-hybridized carbons (Fsp3) is 0.600. The van der Waals surface area contributed by atoms with E-state index in [1.54, 1.807) is 0 Å². The Balaban J connectivity index is 2.89. The van der Waals surface area contributed by atoms with Crippen LogP contribution in [0.4, 0.5) is 0 Å². The number of hydrogen-bond donors (Lipinski definition) is 1. The van der Waals surface area contributed by atoms with Crippen molar-refractivity contribution in [3.63, 3.8) is 0 Å². The van der Waals surface area contributed by atoms with Gasteiger partial charge in [-0.3, -0.25) is 0 Å². The second-order valence-electron chi connectivity index (χ2n) is 3.56. The molecule has 11 heavy (non-hydrogen) atoms. The molecule has 1 aliphatic carbocycles. The summed E-state index contributed by atoms with van der Waals surface area (Å²) in [6, 6.07) is 0. The molecule has 62 valence electrons. The van der Waals surface area contributed by atoms with Gasteiger partial charge in [0.1, 0.15) is 0 Å². The van der Waals surface area contributed by atoms with Gasteiger partial charge in [0.2, 0.25) is 0 Å².